The molecule has 0 atom stereocenters. The van der Waals surface area contributed by atoms with Crippen LogP contribution in [-0.4, -0.2) is 18.5 Å². The maximum absolute atomic E-state index is 12.0. The Morgan fingerprint density at radius 2 is 1.40 bits per heavy atom. The number of hydrogen-bond donors (Lipinski definition) is 0. The Kier molecular flexibility index (Phi) is 11.0. The van der Waals surface area contributed by atoms with Crippen LogP contribution in [0.4, 0.5) is 0 Å². The van der Waals surface area contributed by atoms with Crippen LogP contribution in [0, 0.1) is 5.92 Å². The zero-order chi connectivity index (χ0) is 21.6. The standard InChI is InChI=1S/C26H36O4/c1-21(2)12-11-19-29-25(27)15-7-5-3-4-6-8-16-26(28)30-24-18-17-22-13-9-10-14-23(22)20-24/h9-10,13-14,17-18,20-21H,3-8,11-12,15-16,19H2,1-2H3. The van der Waals surface area contributed by atoms with Crippen LogP contribution in [0.3, 0.4) is 0 Å². The third kappa shape index (κ3) is 9.91. The van der Waals surface area contributed by atoms with Gasteiger partial charge in [0.15, 0.2) is 0 Å². The highest BCUT2D eigenvalue weighted by molar-refractivity contribution is 5.84. The van der Waals surface area contributed by atoms with E-state index in [1.165, 1.54) is 0 Å². The molecule has 0 aliphatic heterocycles. The SMILES string of the molecule is CC(C)CCCOC(=O)CCCCCCCCC(=O)Oc1ccc2ccccc2c1. The molecule has 0 aliphatic rings. The quantitative estimate of drug-likeness (QED) is 0.193. The molecule has 0 aliphatic carbocycles. The molecule has 0 saturated carbocycles. The first-order chi connectivity index (χ1) is 14.5. The van der Waals surface area contributed by atoms with Crippen molar-refractivity contribution in [2.75, 3.05) is 6.61 Å². The molecule has 0 bridgehead atoms. The van der Waals surface area contributed by atoms with Gasteiger partial charge in [-0.05, 0) is 54.5 Å². The maximum atomic E-state index is 12.0. The molecule has 4 nitrogen and oxygen atoms in total. The molecule has 0 saturated heterocycles. The third-order valence-corrected chi connectivity index (χ3v) is 5.15. The summed E-state index contributed by atoms with van der Waals surface area (Å²) in [6, 6.07) is 13.7. The van der Waals surface area contributed by atoms with Gasteiger partial charge in [-0.15, -0.1) is 0 Å². The van der Waals surface area contributed by atoms with Crippen molar-refractivity contribution in [3.05, 3.63) is 42.5 Å². The van der Waals surface area contributed by atoms with Crippen LogP contribution in [0.1, 0.15) is 78.1 Å². The molecule has 0 heterocycles. The Bertz CT molecular complexity index is 781. The molecule has 0 spiro atoms. The molecule has 2 aromatic rings. The lowest BCUT2D eigenvalue weighted by Gasteiger charge is -2.07. The van der Waals surface area contributed by atoms with Crippen molar-refractivity contribution in [1.29, 1.82) is 0 Å². The first-order valence-corrected chi connectivity index (χ1v) is 11.4. The lowest BCUT2D eigenvalue weighted by atomic mass is 10.1. The predicted molar refractivity (Wildman–Crippen MR) is 122 cm³/mol. The second-order valence-corrected chi connectivity index (χ2v) is 8.36. The zero-order valence-electron chi connectivity index (χ0n) is 18.5. The van der Waals surface area contributed by atoms with E-state index in [1.807, 2.05) is 42.5 Å². The second kappa shape index (κ2) is 13.8. The van der Waals surface area contributed by atoms with E-state index in [4.69, 9.17) is 9.47 Å². The van der Waals surface area contributed by atoms with Crippen molar-refractivity contribution < 1.29 is 19.1 Å². The summed E-state index contributed by atoms with van der Waals surface area (Å²) in [6.45, 7) is 4.90. The molecule has 4 heteroatoms. The first kappa shape index (κ1) is 23.9. The molecule has 0 fully saturated rings. The minimum absolute atomic E-state index is 0.0739. The number of unbranched alkanes of at least 4 members (excludes halogenated alkanes) is 5. The molecule has 0 radical (unpaired) electrons. The van der Waals surface area contributed by atoms with E-state index in [9.17, 15) is 9.59 Å². The lowest BCUT2D eigenvalue weighted by molar-refractivity contribution is -0.144. The van der Waals surface area contributed by atoms with Crippen molar-refractivity contribution in [3.8, 4) is 5.75 Å². The molecule has 2 rings (SSSR count). The van der Waals surface area contributed by atoms with Gasteiger partial charge in [0, 0.05) is 12.8 Å². The van der Waals surface area contributed by atoms with E-state index >= 15 is 0 Å². The fraction of sp³-hybridized carbons (Fsp3) is 0.538. The van der Waals surface area contributed by atoms with Gasteiger partial charge in [-0.25, -0.2) is 0 Å². The highest BCUT2D eigenvalue weighted by Gasteiger charge is 2.06. The smallest absolute Gasteiger partial charge is 0.311 e. The van der Waals surface area contributed by atoms with E-state index < -0.39 is 0 Å². The van der Waals surface area contributed by atoms with Gasteiger partial charge in [0.2, 0.25) is 0 Å². The van der Waals surface area contributed by atoms with Gasteiger partial charge in [0.25, 0.3) is 0 Å². The van der Waals surface area contributed by atoms with E-state index in [2.05, 4.69) is 13.8 Å². The van der Waals surface area contributed by atoms with Crippen LogP contribution >= 0.6 is 0 Å². The number of rotatable bonds is 14. The summed E-state index contributed by atoms with van der Waals surface area (Å²) in [6.07, 6.45) is 8.92. The van der Waals surface area contributed by atoms with E-state index in [0.29, 0.717) is 31.1 Å². The van der Waals surface area contributed by atoms with E-state index in [0.717, 1.165) is 62.1 Å². The average Bonchev–Trinajstić information content (AvgIpc) is 2.73. The summed E-state index contributed by atoms with van der Waals surface area (Å²) in [4.78, 5) is 23.7. The fourth-order valence-corrected chi connectivity index (χ4v) is 3.41. The average molecular weight is 413 g/mol. The van der Waals surface area contributed by atoms with Crippen molar-refractivity contribution in [2.24, 2.45) is 5.92 Å². The molecule has 0 amide bonds. The highest BCUT2D eigenvalue weighted by Crippen LogP contribution is 2.21. The van der Waals surface area contributed by atoms with Crippen molar-refractivity contribution >= 4 is 22.7 Å². The number of carbonyl (C=O) groups is 2. The molecular weight excluding hydrogens is 376 g/mol. The minimum atomic E-state index is -0.175. The van der Waals surface area contributed by atoms with Gasteiger partial charge in [0.1, 0.15) is 5.75 Å². The van der Waals surface area contributed by atoms with Crippen LogP contribution < -0.4 is 4.74 Å². The molecule has 164 valence electrons. The van der Waals surface area contributed by atoms with Crippen LogP contribution in [0.2, 0.25) is 0 Å². The number of fused-ring (bicyclic) bond motifs is 1. The molecule has 0 N–H and O–H groups in total. The Balaban J connectivity index is 1.46. The summed E-state index contributed by atoms with van der Waals surface area (Å²) in [5.74, 6) is 1.01. The summed E-state index contributed by atoms with van der Waals surface area (Å²) in [5, 5.41) is 2.21. The first-order valence-electron chi connectivity index (χ1n) is 11.4. The van der Waals surface area contributed by atoms with E-state index in [1.54, 1.807) is 0 Å². The van der Waals surface area contributed by atoms with Crippen molar-refractivity contribution in [1.82, 2.24) is 0 Å². The zero-order valence-corrected chi connectivity index (χ0v) is 18.5. The second-order valence-electron chi connectivity index (χ2n) is 8.36. The summed E-state index contributed by atoms with van der Waals surface area (Å²) in [7, 11) is 0. The Hall–Kier alpha value is -2.36. The van der Waals surface area contributed by atoms with Gasteiger partial charge < -0.3 is 9.47 Å². The Morgan fingerprint density at radius 3 is 2.10 bits per heavy atom. The van der Waals surface area contributed by atoms with Gasteiger partial charge in [-0.1, -0.05) is 69.9 Å². The Labute approximate surface area is 181 Å². The van der Waals surface area contributed by atoms with E-state index in [-0.39, 0.29) is 11.9 Å². The van der Waals surface area contributed by atoms with Gasteiger partial charge in [0.05, 0.1) is 6.61 Å². The van der Waals surface area contributed by atoms with Crippen LogP contribution in [0.5, 0.6) is 5.75 Å². The normalized spacial score (nSPS) is 11.0. The summed E-state index contributed by atoms with van der Waals surface area (Å²) >= 11 is 0. The van der Waals surface area contributed by atoms with Crippen LogP contribution in [-0.2, 0) is 14.3 Å². The largest absolute Gasteiger partial charge is 0.466 e. The topological polar surface area (TPSA) is 52.6 Å². The molecule has 2 aromatic carbocycles. The summed E-state index contributed by atoms with van der Waals surface area (Å²) < 4.78 is 10.7. The van der Waals surface area contributed by atoms with Gasteiger partial charge in [-0.3, -0.25) is 9.59 Å². The number of esters is 2. The van der Waals surface area contributed by atoms with Crippen molar-refractivity contribution in [2.45, 2.75) is 78.1 Å². The summed E-state index contributed by atoms with van der Waals surface area (Å²) in [5.41, 5.74) is 0. The van der Waals surface area contributed by atoms with Crippen LogP contribution in [0.25, 0.3) is 10.8 Å². The van der Waals surface area contributed by atoms with Crippen LogP contribution in [0.15, 0.2) is 42.5 Å². The van der Waals surface area contributed by atoms with Gasteiger partial charge >= 0.3 is 11.9 Å². The number of ether oxygens (including phenoxy) is 2. The van der Waals surface area contributed by atoms with Crippen molar-refractivity contribution in [3.63, 3.8) is 0 Å². The highest BCUT2D eigenvalue weighted by atomic mass is 16.5. The molecule has 0 aromatic heterocycles. The third-order valence-electron chi connectivity index (χ3n) is 5.15. The lowest BCUT2D eigenvalue weighted by Crippen LogP contribution is -2.07. The number of carbonyl (C=O) groups excluding carboxylic acids is 2. The number of hydrogen-bond acceptors (Lipinski definition) is 4. The maximum Gasteiger partial charge on any atom is 0.311 e. The molecule has 30 heavy (non-hydrogen) atoms. The number of benzene rings is 2. The van der Waals surface area contributed by atoms with Gasteiger partial charge in [-0.2, -0.15) is 0 Å². The Morgan fingerprint density at radius 1 is 0.767 bits per heavy atom. The fourth-order valence-electron chi connectivity index (χ4n) is 3.41. The predicted octanol–water partition coefficient (Wildman–Crippen LogP) is 6.85. The minimum Gasteiger partial charge on any atom is -0.466 e. The monoisotopic (exact) mass is 412 g/mol. The molecule has 0 unspecified atom stereocenters. The molecular formula is C26H36O4.